The molecule has 166 valence electrons. The van der Waals surface area contributed by atoms with Crippen LogP contribution in [-0.2, 0) is 16.0 Å². The van der Waals surface area contributed by atoms with Crippen LogP contribution in [0.2, 0.25) is 0 Å². The van der Waals surface area contributed by atoms with Crippen molar-refractivity contribution in [2.24, 2.45) is 5.92 Å². The van der Waals surface area contributed by atoms with Crippen LogP contribution in [0.1, 0.15) is 30.4 Å². The minimum atomic E-state index is -0.942. The van der Waals surface area contributed by atoms with E-state index in [0.29, 0.717) is 9.23 Å². The van der Waals surface area contributed by atoms with Crippen molar-refractivity contribution in [3.63, 3.8) is 0 Å². The first kappa shape index (κ1) is 22.6. The number of thioether (sulfide) groups is 1. The first-order valence-electron chi connectivity index (χ1n) is 10.9. The smallest absolute Gasteiger partial charge is 0.305 e. The van der Waals surface area contributed by atoms with E-state index >= 15 is 0 Å². The van der Waals surface area contributed by atoms with Crippen molar-refractivity contribution in [2.75, 3.05) is 24.5 Å². The Morgan fingerprint density at radius 1 is 1.09 bits per heavy atom. The highest BCUT2D eigenvalue weighted by molar-refractivity contribution is 8.26. The molecule has 0 spiro atoms. The summed E-state index contributed by atoms with van der Waals surface area (Å²) in [7, 11) is 0. The monoisotopic (exact) mass is 466 g/mol. The standard InChI is InChI=1S/C25H26N2O3S2/c28-23(29)12-15-27-24(30)22(32-25(27)31)17-19-6-8-21(9-7-19)26-13-10-20(11-14-26)16-18-4-2-1-3-5-18/h1-9,17,20H,10-16H2,(H,28,29). The summed E-state index contributed by atoms with van der Waals surface area (Å²) in [6.07, 6.45) is 5.25. The quantitative estimate of drug-likeness (QED) is 0.466. The Bertz CT molecular complexity index is 1010. The lowest BCUT2D eigenvalue weighted by Crippen LogP contribution is -2.34. The molecule has 1 amide bonds. The van der Waals surface area contributed by atoms with Gasteiger partial charge in [-0.3, -0.25) is 14.5 Å². The summed E-state index contributed by atoms with van der Waals surface area (Å²) in [4.78, 5) is 27.7. The third-order valence-electron chi connectivity index (χ3n) is 5.96. The van der Waals surface area contributed by atoms with Crippen molar-refractivity contribution in [3.05, 3.63) is 70.6 Å². The number of carboxylic acids is 1. The van der Waals surface area contributed by atoms with Gasteiger partial charge < -0.3 is 10.0 Å². The number of anilines is 1. The second-order valence-electron chi connectivity index (χ2n) is 8.19. The fourth-order valence-corrected chi connectivity index (χ4v) is 5.48. The molecule has 0 aromatic heterocycles. The number of nitrogens with zero attached hydrogens (tertiary/aromatic N) is 2. The van der Waals surface area contributed by atoms with Crippen molar-refractivity contribution in [1.82, 2.24) is 4.90 Å². The fourth-order valence-electron chi connectivity index (χ4n) is 4.18. The molecule has 2 aromatic rings. The second-order valence-corrected chi connectivity index (χ2v) is 9.86. The van der Waals surface area contributed by atoms with Gasteiger partial charge in [-0.05, 0) is 54.5 Å². The van der Waals surface area contributed by atoms with Crippen LogP contribution in [0.3, 0.4) is 0 Å². The number of piperidine rings is 1. The summed E-state index contributed by atoms with van der Waals surface area (Å²) in [6.45, 7) is 2.22. The van der Waals surface area contributed by atoms with Crippen LogP contribution in [0.4, 0.5) is 5.69 Å². The minimum absolute atomic E-state index is 0.108. The summed E-state index contributed by atoms with van der Waals surface area (Å²) >= 11 is 6.47. The Kier molecular flexibility index (Phi) is 7.27. The van der Waals surface area contributed by atoms with Crippen LogP contribution >= 0.6 is 24.0 Å². The van der Waals surface area contributed by atoms with E-state index in [0.717, 1.165) is 31.0 Å². The summed E-state index contributed by atoms with van der Waals surface area (Å²) in [5, 5.41) is 8.86. The largest absolute Gasteiger partial charge is 0.481 e. The maximum atomic E-state index is 12.6. The van der Waals surface area contributed by atoms with E-state index < -0.39 is 5.97 Å². The van der Waals surface area contributed by atoms with Crippen LogP contribution in [-0.4, -0.2) is 45.8 Å². The number of carbonyl (C=O) groups is 2. The maximum Gasteiger partial charge on any atom is 0.305 e. The van der Waals surface area contributed by atoms with Crippen molar-refractivity contribution >= 4 is 51.9 Å². The zero-order chi connectivity index (χ0) is 22.5. The average Bonchev–Trinajstić information content (AvgIpc) is 3.06. The minimum Gasteiger partial charge on any atom is -0.481 e. The average molecular weight is 467 g/mol. The van der Waals surface area contributed by atoms with Crippen molar-refractivity contribution in [2.45, 2.75) is 25.7 Å². The third-order valence-corrected chi connectivity index (χ3v) is 7.34. The molecule has 2 saturated heterocycles. The Hall–Kier alpha value is -2.64. The number of amides is 1. The lowest BCUT2D eigenvalue weighted by Gasteiger charge is -2.33. The van der Waals surface area contributed by atoms with Gasteiger partial charge in [0.2, 0.25) is 0 Å². The van der Waals surface area contributed by atoms with E-state index in [9.17, 15) is 9.59 Å². The van der Waals surface area contributed by atoms with Crippen LogP contribution in [0, 0.1) is 5.92 Å². The predicted molar refractivity (Wildman–Crippen MR) is 134 cm³/mol. The van der Waals surface area contributed by atoms with Gasteiger partial charge in [-0.2, -0.15) is 0 Å². The van der Waals surface area contributed by atoms with E-state index in [-0.39, 0.29) is 18.9 Å². The molecule has 0 unspecified atom stereocenters. The molecule has 2 aliphatic rings. The Labute approximate surface area is 198 Å². The molecule has 2 heterocycles. The highest BCUT2D eigenvalue weighted by atomic mass is 32.2. The zero-order valence-electron chi connectivity index (χ0n) is 17.8. The van der Waals surface area contributed by atoms with E-state index in [1.165, 1.54) is 40.8 Å². The number of aliphatic carboxylic acids is 1. The molecule has 2 fully saturated rings. The van der Waals surface area contributed by atoms with Crippen LogP contribution in [0.15, 0.2) is 59.5 Å². The number of carbonyl (C=O) groups excluding carboxylic acids is 1. The lowest BCUT2D eigenvalue weighted by molar-refractivity contribution is -0.137. The molecule has 0 saturated carbocycles. The molecule has 2 aromatic carbocycles. The van der Waals surface area contributed by atoms with Gasteiger partial charge in [-0.1, -0.05) is 66.4 Å². The zero-order valence-corrected chi connectivity index (χ0v) is 19.4. The van der Waals surface area contributed by atoms with Gasteiger partial charge in [-0.25, -0.2) is 0 Å². The first-order chi connectivity index (χ1) is 15.5. The molecule has 0 aliphatic carbocycles. The van der Waals surface area contributed by atoms with Gasteiger partial charge in [-0.15, -0.1) is 0 Å². The highest BCUT2D eigenvalue weighted by Crippen LogP contribution is 2.33. The first-order valence-corrected chi connectivity index (χ1v) is 12.1. The topological polar surface area (TPSA) is 60.9 Å². The van der Waals surface area contributed by atoms with Gasteiger partial charge in [0.05, 0.1) is 11.3 Å². The Balaban J connectivity index is 1.33. The fraction of sp³-hybridized carbons (Fsp3) is 0.320. The predicted octanol–water partition coefficient (Wildman–Crippen LogP) is 4.82. The Morgan fingerprint density at radius 2 is 1.78 bits per heavy atom. The van der Waals surface area contributed by atoms with Gasteiger partial charge in [0.25, 0.3) is 5.91 Å². The molecule has 4 rings (SSSR count). The summed E-state index contributed by atoms with van der Waals surface area (Å²) in [6, 6.07) is 19.0. The summed E-state index contributed by atoms with van der Waals surface area (Å²) < 4.78 is 0.414. The molecule has 0 atom stereocenters. The number of benzene rings is 2. The lowest BCUT2D eigenvalue weighted by atomic mass is 9.90. The molecule has 0 radical (unpaired) electrons. The van der Waals surface area contributed by atoms with Crippen molar-refractivity contribution < 1.29 is 14.7 Å². The molecular formula is C25H26N2O3S2. The van der Waals surface area contributed by atoms with Crippen LogP contribution in [0.25, 0.3) is 6.08 Å². The molecule has 0 bridgehead atoms. The van der Waals surface area contributed by atoms with E-state index in [2.05, 4.69) is 47.4 Å². The number of hydrogen-bond donors (Lipinski definition) is 1. The molecule has 1 N–H and O–H groups in total. The number of hydrogen-bond acceptors (Lipinski definition) is 5. The number of thiocarbonyl (C=S) groups is 1. The van der Waals surface area contributed by atoms with E-state index in [1.807, 2.05) is 18.2 Å². The van der Waals surface area contributed by atoms with E-state index in [1.54, 1.807) is 0 Å². The normalized spacial score (nSPS) is 18.6. The van der Waals surface area contributed by atoms with Crippen molar-refractivity contribution in [1.29, 1.82) is 0 Å². The molecule has 5 nitrogen and oxygen atoms in total. The number of rotatable bonds is 7. The Morgan fingerprint density at radius 3 is 2.44 bits per heavy atom. The molecule has 7 heteroatoms. The van der Waals surface area contributed by atoms with Crippen LogP contribution in [0.5, 0.6) is 0 Å². The van der Waals surface area contributed by atoms with Gasteiger partial charge in [0.1, 0.15) is 4.32 Å². The molecule has 32 heavy (non-hydrogen) atoms. The van der Waals surface area contributed by atoms with Crippen molar-refractivity contribution in [3.8, 4) is 0 Å². The van der Waals surface area contributed by atoms with E-state index in [4.69, 9.17) is 17.3 Å². The SMILES string of the molecule is O=C(O)CCN1C(=O)C(=Cc2ccc(N3CCC(Cc4ccccc4)CC3)cc2)SC1=S. The van der Waals surface area contributed by atoms with Gasteiger partial charge in [0, 0.05) is 25.3 Å². The second kappa shape index (κ2) is 10.3. The van der Waals surface area contributed by atoms with Gasteiger partial charge in [0.15, 0.2) is 0 Å². The molecular weight excluding hydrogens is 440 g/mol. The maximum absolute atomic E-state index is 12.6. The van der Waals surface area contributed by atoms with Gasteiger partial charge >= 0.3 is 5.97 Å². The summed E-state index contributed by atoms with van der Waals surface area (Å²) in [5.41, 5.74) is 3.56. The van der Waals surface area contributed by atoms with Crippen LogP contribution < -0.4 is 4.90 Å². The third kappa shape index (κ3) is 5.58. The highest BCUT2D eigenvalue weighted by Gasteiger charge is 2.32. The number of carboxylic acid groups (broad SMARTS) is 1. The molecule has 2 aliphatic heterocycles. The summed E-state index contributed by atoms with van der Waals surface area (Å²) in [5.74, 6) is -0.426.